The Labute approximate surface area is 122 Å². The zero-order valence-electron chi connectivity index (χ0n) is 13.0. The Morgan fingerprint density at radius 1 is 1.05 bits per heavy atom. The van der Waals surface area contributed by atoms with Crippen LogP contribution >= 0.6 is 0 Å². The normalized spacial score (nSPS) is 24.7. The Bertz CT molecular complexity index is 621. The minimum atomic E-state index is 0.431. The molecule has 1 aliphatic rings. The van der Waals surface area contributed by atoms with Gasteiger partial charge in [-0.25, -0.2) is 0 Å². The van der Waals surface area contributed by atoms with Gasteiger partial charge >= 0.3 is 0 Å². The van der Waals surface area contributed by atoms with Crippen molar-refractivity contribution in [3.8, 4) is 11.1 Å². The number of rotatable bonds is 3. The molecule has 3 rings (SSSR count). The highest BCUT2D eigenvalue weighted by molar-refractivity contribution is 5.65. The van der Waals surface area contributed by atoms with Crippen LogP contribution in [0.5, 0.6) is 0 Å². The predicted octanol–water partition coefficient (Wildman–Crippen LogP) is 5.52. The zero-order valence-corrected chi connectivity index (χ0v) is 13.0. The van der Waals surface area contributed by atoms with Crippen LogP contribution in [0.15, 0.2) is 42.5 Å². The van der Waals surface area contributed by atoms with Crippen LogP contribution in [0.4, 0.5) is 0 Å². The van der Waals surface area contributed by atoms with Crippen molar-refractivity contribution in [3.05, 3.63) is 59.2 Å². The third-order valence-corrected chi connectivity index (χ3v) is 5.26. The number of aryl methyl sites for hydroxylation is 2. The maximum atomic E-state index is 2.38. The molecule has 0 N–H and O–H groups in total. The summed E-state index contributed by atoms with van der Waals surface area (Å²) in [4.78, 5) is 0. The molecule has 0 aliphatic heterocycles. The quantitative estimate of drug-likeness (QED) is 0.684. The van der Waals surface area contributed by atoms with Crippen molar-refractivity contribution in [2.45, 2.75) is 46.0 Å². The summed E-state index contributed by atoms with van der Waals surface area (Å²) in [6.45, 7) is 9.16. The Morgan fingerprint density at radius 2 is 1.65 bits per heavy atom. The SMILES string of the molecule is CCc1ccc(-c2ccc(C3(C)CC3C)cc2)cc1C. The van der Waals surface area contributed by atoms with E-state index in [1.54, 1.807) is 0 Å². The Hall–Kier alpha value is -1.56. The summed E-state index contributed by atoms with van der Waals surface area (Å²) in [5.74, 6) is 0.833. The van der Waals surface area contributed by atoms with Gasteiger partial charge in [-0.15, -0.1) is 0 Å². The molecule has 1 saturated carbocycles. The average molecular weight is 264 g/mol. The van der Waals surface area contributed by atoms with Crippen LogP contribution in [0.3, 0.4) is 0 Å². The lowest BCUT2D eigenvalue weighted by molar-refractivity contribution is 0.702. The van der Waals surface area contributed by atoms with E-state index < -0.39 is 0 Å². The lowest BCUT2D eigenvalue weighted by Gasteiger charge is -2.12. The molecule has 2 aromatic carbocycles. The molecule has 2 unspecified atom stereocenters. The first-order chi connectivity index (χ1) is 9.54. The van der Waals surface area contributed by atoms with Crippen molar-refractivity contribution in [1.82, 2.24) is 0 Å². The summed E-state index contributed by atoms with van der Waals surface area (Å²) < 4.78 is 0. The number of hydrogen-bond donors (Lipinski definition) is 0. The Balaban J connectivity index is 1.90. The summed E-state index contributed by atoms with van der Waals surface area (Å²) >= 11 is 0. The van der Waals surface area contributed by atoms with Crippen molar-refractivity contribution in [3.63, 3.8) is 0 Å². The summed E-state index contributed by atoms with van der Waals surface area (Å²) in [6, 6.07) is 16.0. The topological polar surface area (TPSA) is 0 Å². The van der Waals surface area contributed by atoms with E-state index in [0.29, 0.717) is 5.41 Å². The first-order valence-electron chi connectivity index (χ1n) is 7.75. The molecule has 0 heterocycles. The maximum absolute atomic E-state index is 2.38. The van der Waals surface area contributed by atoms with E-state index in [0.717, 1.165) is 12.3 Å². The molecule has 0 bridgehead atoms. The van der Waals surface area contributed by atoms with Gasteiger partial charge < -0.3 is 0 Å². The molecule has 0 radical (unpaired) electrons. The Morgan fingerprint density at radius 3 is 2.15 bits per heavy atom. The maximum Gasteiger partial charge on any atom is -0.00465 e. The van der Waals surface area contributed by atoms with Gasteiger partial charge in [-0.2, -0.15) is 0 Å². The van der Waals surface area contributed by atoms with Crippen molar-refractivity contribution in [2.24, 2.45) is 5.92 Å². The van der Waals surface area contributed by atoms with Crippen LogP contribution in [0.2, 0.25) is 0 Å². The molecule has 2 aromatic rings. The van der Waals surface area contributed by atoms with E-state index >= 15 is 0 Å². The Kier molecular flexibility index (Phi) is 3.20. The van der Waals surface area contributed by atoms with Crippen LogP contribution in [0, 0.1) is 12.8 Å². The zero-order chi connectivity index (χ0) is 14.3. The van der Waals surface area contributed by atoms with Gasteiger partial charge in [0.05, 0.1) is 0 Å². The minimum Gasteiger partial charge on any atom is -0.0616 e. The molecule has 1 aliphatic carbocycles. The molecular weight excluding hydrogens is 240 g/mol. The summed E-state index contributed by atoms with van der Waals surface area (Å²) in [6.07, 6.45) is 2.44. The van der Waals surface area contributed by atoms with Gasteiger partial charge in [0.15, 0.2) is 0 Å². The molecule has 0 amide bonds. The van der Waals surface area contributed by atoms with Crippen LogP contribution in [-0.4, -0.2) is 0 Å². The number of benzene rings is 2. The second-order valence-corrected chi connectivity index (χ2v) is 6.59. The lowest BCUT2D eigenvalue weighted by Crippen LogP contribution is -2.02. The molecule has 0 spiro atoms. The van der Waals surface area contributed by atoms with Crippen molar-refractivity contribution in [1.29, 1.82) is 0 Å². The highest BCUT2D eigenvalue weighted by Gasteiger charge is 2.47. The van der Waals surface area contributed by atoms with Gasteiger partial charge in [-0.1, -0.05) is 63.2 Å². The van der Waals surface area contributed by atoms with Crippen LogP contribution in [-0.2, 0) is 11.8 Å². The summed E-state index contributed by atoms with van der Waals surface area (Å²) in [5.41, 5.74) is 7.44. The van der Waals surface area contributed by atoms with Crippen molar-refractivity contribution in [2.75, 3.05) is 0 Å². The van der Waals surface area contributed by atoms with Crippen molar-refractivity contribution < 1.29 is 0 Å². The first kappa shape index (κ1) is 13.4. The fraction of sp³-hybridized carbons (Fsp3) is 0.400. The smallest absolute Gasteiger partial charge is 0.00465 e. The average Bonchev–Trinajstić information content (AvgIpc) is 3.08. The second kappa shape index (κ2) is 4.77. The fourth-order valence-electron chi connectivity index (χ4n) is 3.30. The molecule has 104 valence electrons. The molecule has 1 fully saturated rings. The fourth-order valence-corrected chi connectivity index (χ4v) is 3.30. The summed E-state index contributed by atoms with van der Waals surface area (Å²) in [5, 5.41) is 0. The first-order valence-corrected chi connectivity index (χ1v) is 7.75. The predicted molar refractivity (Wildman–Crippen MR) is 87.1 cm³/mol. The van der Waals surface area contributed by atoms with Gasteiger partial charge in [0, 0.05) is 0 Å². The van der Waals surface area contributed by atoms with Gasteiger partial charge in [0.25, 0.3) is 0 Å². The van der Waals surface area contributed by atoms with E-state index in [4.69, 9.17) is 0 Å². The molecular formula is C20H24. The van der Waals surface area contributed by atoms with Crippen LogP contribution < -0.4 is 0 Å². The van der Waals surface area contributed by atoms with Gasteiger partial charge in [-0.3, -0.25) is 0 Å². The number of hydrogen-bond acceptors (Lipinski definition) is 0. The second-order valence-electron chi connectivity index (χ2n) is 6.59. The third-order valence-electron chi connectivity index (χ3n) is 5.26. The molecule has 0 saturated heterocycles. The van der Waals surface area contributed by atoms with Crippen LogP contribution in [0.25, 0.3) is 11.1 Å². The van der Waals surface area contributed by atoms with Gasteiger partial charge in [-0.05, 0) is 58.9 Å². The highest BCUT2D eigenvalue weighted by atomic mass is 14.5. The van der Waals surface area contributed by atoms with E-state index in [2.05, 4.69) is 70.2 Å². The van der Waals surface area contributed by atoms with Gasteiger partial charge in [0.2, 0.25) is 0 Å². The lowest BCUT2D eigenvalue weighted by atomic mass is 9.93. The molecule has 20 heavy (non-hydrogen) atoms. The van der Waals surface area contributed by atoms with E-state index in [1.165, 1.54) is 34.2 Å². The minimum absolute atomic E-state index is 0.431. The summed E-state index contributed by atoms with van der Waals surface area (Å²) in [7, 11) is 0. The van der Waals surface area contributed by atoms with Crippen LogP contribution in [0.1, 0.15) is 43.9 Å². The molecule has 0 heteroatoms. The monoisotopic (exact) mass is 264 g/mol. The largest absolute Gasteiger partial charge is 0.0616 e. The molecule has 0 nitrogen and oxygen atoms in total. The highest BCUT2D eigenvalue weighted by Crippen LogP contribution is 2.53. The van der Waals surface area contributed by atoms with E-state index in [1.807, 2.05) is 0 Å². The van der Waals surface area contributed by atoms with E-state index in [9.17, 15) is 0 Å². The van der Waals surface area contributed by atoms with Crippen molar-refractivity contribution >= 4 is 0 Å². The van der Waals surface area contributed by atoms with Gasteiger partial charge in [0.1, 0.15) is 0 Å². The third kappa shape index (κ3) is 2.18. The molecule has 0 aromatic heterocycles. The molecule has 2 atom stereocenters. The van der Waals surface area contributed by atoms with E-state index in [-0.39, 0.29) is 0 Å². The standard InChI is InChI=1S/C20H24/c1-5-16-6-7-18(12-14(16)2)17-8-10-19(11-9-17)20(4)13-15(20)3/h6-12,15H,5,13H2,1-4H3.